The quantitative estimate of drug-likeness (QED) is 0.339. The Morgan fingerprint density at radius 3 is 1.95 bits per heavy atom. The number of para-hydroxylation sites is 1. The summed E-state index contributed by atoms with van der Waals surface area (Å²) in [5, 5.41) is 2.93. The first-order valence-electron chi connectivity index (χ1n) is 13.1. The molecular weight excluding hydrogens is 531 g/mol. The van der Waals surface area contributed by atoms with Crippen molar-refractivity contribution in [1.82, 2.24) is 14.5 Å². The number of halogens is 1. The highest BCUT2D eigenvalue weighted by atomic mass is 32.2. The normalized spacial score (nSPS) is 12.3. The predicted octanol–water partition coefficient (Wildman–Crippen LogP) is 3.85. The standard InChI is InChI=1S/C30H37FN4O4S/c1-23(2)20-32-30(37)28(19-24-13-7-5-8-14-24)34(21-25-15-9-6-10-16-25)29(36)22-35(40(38,39)33(3)4)27-18-12-11-17-26(27)31/h5-18,23,28H,19-22H2,1-4H3,(H,32,37)/t28-/m1/s1. The zero-order valence-electron chi connectivity index (χ0n) is 23.3. The van der Waals surface area contributed by atoms with Crippen molar-refractivity contribution in [3.63, 3.8) is 0 Å². The van der Waals surface area contributed by atoms with Crippen molar-refractivity contribution in [1.29, 1.82) is 0 Å². The largest absolute Gasteiger partial charge is 0.354 e. The first kappa shape index (κ1) is 30.8. The molecule has 0 radical (unpaired) electrons. The number of carbonyl (C=O) groups excluding carboxylic acids is 2. The Bertz CT molecular complexity index is 1370. The third kappa shape index (κ3) is 8.12. The first-order chi connectivity index (χ1) is 19.0. The Morgan fingerprint density at radius 2 is 1.40 bits per heavy atom. The Hall–Kier alpha value is -3.76. The second-order valence-corrected chi connectivity index (χ2v) is 12.2. The molecular formula is C30H37FN4O4S. The second kappa shape index (κ2) is 14.0. The van der Waals surface area contributed by atoms with Crippen molar-refractivity contribution < 1.29 is 22.4 Å². The molecule has 3 rings (SSSR count). The van der Waals surface area contributed by atoms with Gasteiger partial charge in [0, 0.05) is 33.6 Å². The van der Waals surface area contributed by atoms with Crippen molar-refractivity contribution in [2.75, 3.05) is 31.5 Å². The monoisotopic (exact) mass is 568 g/mol. The van der Waals surface area contributed by atoms with Gasteiger partial charge in [-0.15, -0.1) is 0 Å². The van der Waals surface area contributed by atoms with Gasteiger partial charge in [-0.25, -0.2) is 8.70 Å². The molecule has 0 fully saturated rings. The smallest absolute Gasteiger partial charge is 0.304 e. The number of hydrogen-bond acceptors (Lipinski definition) is 4. The van der Waals surface area contributed by atoms with E-state index >= 15 is 0 Å². The van der Waals surface area contributed by atoms with E-state index in [1.807, 2.05) is 74.5 Å². The molecule has 1 atom stereocenters. The van der Waals surface area contributed by atoms with Gasteiger partial charge in [0.2, 0.25) is 11.8 Å². The van der Waals surface area contributed by atoms with E-state index in [1.165, 1.54) is 37.2 Å². The number of carbonyl (C=O) groups is 2. The molecule has 8 nitrogen and oxygen atoms in total. The Morgan fingerprint density at radius 1 is 0.850 bits per heavy atom. The highest BCUT2D eigenvalue weighted by molar-refractivity contribution is 7.90. The average Bonchev–Trinajstić information content (AvgIpc) is 2.93. The van der Waals surface area contributed by atoms with Gasteiger partial charge in [-0.2, -0.15) is 12.7 Å². The number of nitrogens with one attached hydrogen (secondary N) is 1. The second-order valence-electron chi connectivity index (χ2n) is 10.1. The Kier molecular flexibility index (Phi) is 10.8. The summed E-state index contributed by atoms with van der Waals surface area (Å²) in [7, 11) is -1.64. The van der Waals surface area contributed by atoms with Gasteiger partial charge < -0.3 is 10.2 Å². The summed E-state index contributed by atoms with van der Waals surface area (Å²) in [4.78, 5) is 29.1. The molecule has 0 aliphatic rings. The van der Waals surface area contributed by atoms with E-state index in [4.69, 9.17) is 0 Å². The highest BCUT2D eigenvalue weighted by Crippen LogP contribution is 2.24. The molecule has 0 aliphatic carbocycles. The first-order valence-corrected chi connectivity index (χ1v) is 14.5. The summed E-state index contributed by atoms with van der Waals surface area (Å²) in [6.07, 6.45) is 0.212. The van der Waals surface area contributed by atoms with Crippen molar-refractivity contribution in [2.45, 2.75) is 32.9 Å². The molecule has 214 valence electrons. The molecule has 0 heterocycles. The van der Waals surface area contributed by atoms with Gasteiger partial charge in [0.1, 0.15) is 18.4 Å². The average molecular weight is 569 g/mol. The summed E-state index contributed by atoms with van der Waals surface area (Å²) in [5.74, 6) is -1.60. The fourth-order valence-corrected chi connectivity index (χ4v) is 5.18. The molecule has 1 N–H and O–H groups in total. The van der Waals surface area contributed by atoms with Crippen LogP contribution in [-0.2, 0) is 32.8 Å². The van der Waals surface area contributed by atoms with Crippen molar-refractivity contribution in [3.05, 3.63) is 102 Å². The molecule has 3 aromatic rings. The van der Waals surface area contributed by atoms with E-state index in [1.54, 1.807) is 0 Å². The number of amides is 2. The van der Waals surface area contributed by atoms with Crippen LogP contribution in [0.15, 0.2) is 84.9 Å². The summed E-state index contributed by atoms with van der Waals surface area (Å²) < 4.78 is 43.1. The topological polar surface area (TPSA) is 90.0 Å². The molecule has 0 aliphatic heterocycles. The molecule has 3 aromatic carbocycles. The van der Waals surface area contributed by atoms with Crippen LogP contribution in [0.4, 0.5) is 10.1 Å². The van der Waals surface area contributed by atoms with Crippen LogP contribution in [0.25, 0.3) is 0 Å². The summed E-state index contributed by atoms with van der Waals surface area (Å²) in [5.41, 5.74) is 1.34. The van der Waals surface area contributed by atoms with Gasteiger partial charge in [-0.1, -0.05) is 86.6 Å². The summed E-state index contributed by atoms with van der Waals surface area (Å²) in [6.45, 7) is 3.71. The third-order valence-electron chi connectivity index (χ3n) is 6.29. The van der Waals surface area contributed by atoms with Gasteiger partial charge in [-0.05, 0) is 29.2 Å². The molecule has 10 heteroatoms. The number of benzene rings is 3. The van der Waals surface area contributed by atoms with Gasteiger partial charge in [-0.3, -0.25) is 9.59 Å². The van der Waals surface area contributed by atoms with Gasteiger partial charge in [0.15, 0.2) is 0 Å². The van der Waals surface area contributed by atoms with E-state index in [2.05, 4.69) is 5.32 Å². The maximum atomic E-state index is 14.9. The fourth-order valence-electron chi connectivity index (χ4n) is 4.11. The number of anilines is 1. The maximum absolute atomic E-state index is 14.9. The number of hydrogen-bond donors (Lipinski definition) is 1. The van der Waals surface area contributed by atoms with Crippen LogP contribution in [0, 0.1) is 11.7 Å². The summed E-state index contributed by atoms with van der Waals surface area (Å²) in [6, 6.07) is 22.9. The lowest BCUT2D eigenvalue weighted by molar-refractivity contribution is -0.140. The van der Waals surface area contributed by atoms with Gasteiger partial charge in [0.25, 0.3) is 0 Å². The van der Waals surface area contributed by atoms with Crippen LogP contribution in [-0.4, -0.2) is 62.7 Å². The van der Waals surface area contributed by atoms with E-state index in [9.17, 15) is 22.4 Å². The molecule has 0 unspecified atom stereocenters. The zero-order chi connectivity index (χ0) is 29.3. The van der Waals surface area contributed by atoms with Crippen LogP contribution in [0.1, 0.15) is 25.0 Å². The lowest BCUT2D eigenvalue weighted by atomic mass is 10.0. The molecule has 40 heavy (non-hydrogen) atoms. The van der Waals surface area contributed by atoms with Crippen molar-refractivity contribution >= 4 is 27.7 Å². The van der Waals surface area contributed by atoms with E-state index in [0.29, 0.717) is 6.54 Å². The number of nitrogens with zero attached hydrogens (tertiary/aromatic N) is 3. The van der Waals surface area contributed by atoms with Crippen LogP contribution in [0.2, 0.25) is 0 Å². The summed E-state index contributed by atoms with van der Waals surface area (Å²) >= 11 is 0. The molecule has 0 spiro atoms. The predicted molar refractivity (Wildman–Crippen MR) is 155 cm³/mol. The lowest BCUT2D eigenvalue weighted by Crippen LogP contribution is -2.54. The Balaban J connectivity index is 2.07. The molecule has 0 saturated carbocycles. The van der Waals surface area contributed by atoms with Crippen molar-refractivity contribution in [3.8, 4) is 0 Å². The van der Waals surface area contributed by atoms with E-state index < -0.39 is 34.5 Å². The van der Waals surface area contributed by atoms with Crippen LogP contribution >= 0.6 is 0 Å². The zero-order valence-corrected chi connectivity index (χ0v) is 24.1. The van der Waals surface area contributed by atoms with Crippen LogP contribution in [0.5, 0.6) is 0 Å². The SMILES string of the molecule is CC(C)CNC(=O)[C@@H](Cc1ccccc1)N(Cc1ccccc1)C(=O)CN(c1ccccc1F)S(=O)(=O)N(C)C. The van der Waals surface area contributed by atoms with Crippen LogP contribution < -0.4 is 9.62 Å². The molecule has 0 aromatic heterocycles. The van der Waals surface area contributed by atoms with Crippen LogP contribution in [0.3, 0.4) is 0 Å². The maximum Gasteiger partial charge on any atom is 0.304 e. The highest BCUT2D eigenvalue weighted by Gasteiger charge is 2.35. The third-order valence-corrected chi connectivity index (χ3v) is 8.10. The fraction of sp³-hybridized carbons (Fsp3) is 0.333. The van der Waals surface area contributed by atoms with Crippen molar-refractivity contribution in [2.24, 2.45) is 5.92 Å². The lowest BCUT2D eigenvalue weighted by Gasteiger charge is -2.34. The van der Waals surface area contributed by atoms with E-state index in [-0.39, 0.29) is 30.5 Å². The molecule has 2 amide bonds. The Labute approximate surface area is 236 Å². The molecule has 0 saturated heterocycles. The minimum atomic E-state index is -4.26. The minimum absolute atomic E-state index is 0.0550. The van der Waals surface area contributed by atoms with E-state index in [0.717, 1.165) is 25.8 Å². The van der Waals surface area contributed by atoms with Gasteiger partial charge >= 0.3 is 10.2 Å². The van der Waals surface area contributed by atoms with Gasteiger partial charge in [0.05, 0.1) is 5.69 Å². The number of rotatable bonds is 13. The minimum Gasteiger partial charge on any atom is -0.354 e. The molecule has 0 bridgehead atoms.